The molecule has 0 saturated carbocycles. The van der Waals surface area contributed by atoms with Gasteiger partial charge < -0.3 is 0 Å². The summed E-state index contributed by atoms with van der Waals surface area (Å²) in [6, 6.07) is 12.3. The van der Waals surface area contributed by atoms with Crippen LogP contribution in [0, 0.1) is 5.82 Å². The van der Waals surface area contributed by atoms with E-state index in [-0.39, 0.29) is 10.9 Å². The van der Waals surface area contributed by atoms with Gasteiger partial charge in [0.1, 0.15) is 5.82 Å². The molecule has 2 rings (SSSR count). The number of hydrogen-bond donors (Lipinski definition) is 0. The third-order valence-electron chi connectivity index (χ3n) is 3.03. The summed E-state index contributed by atoms with van der Waals surface area (Å²) in [5.74, 6) is -0.00218. The van der Waals surface area contributed by atoms with Gasteiger partial charge in [0.25, 0.3) is 0 Å². The molecule has 0 radical (unpaired) electrons. The van der Waals surface area contributed by atoms with Crippen LogP contribution in [0.15, 0.2) is 42.5 Å². The molecule has 0 saturated heterocycles. The largest absolute Gasteiger partial charge is 0.205 e. The zero-order valence-electron chi connectivity index (χ0n) is 10.0. The van der Waals surface area contributed by atoms with Crippen LogP contribution in [0.4, 0.5) is 4.39 Å². The zero-order valence-corrected chi connectivity index (χ0v) is 12.3. The number of benzene rings is 2. The van der Waals surface area contributed by atoms with Crippen molar-refractivity contribution in [3.63, 3.8) is 0 Å². The Balaban J connectivity index is 2.30. The molecule has 0 spiro atoms. The lowest BCUT2D eigenvalue weighted by Gasteiger charge is -2.17. The maximum Gasteiger partial charge on any atom is 0.142 e. The fourth-order valence-electron chi connectivity index (χ4n) is 2.03. The molecular formula is C15H12Cl3F. The number of alkyl halides is 1. The molecule has 0 nitrogen and oxygen atoms in total. The Labute approximate surface area is 127 Å². The predicted molar refractivity (Wildman–Crippen MR) is 80.0 cm³/mol. The maximum absolute atomic E-state index is 13.4. The second-order valence-corrected chi connectivity index (χ2v) is 5.38. The summed E-state index contributed by atoms with van der Waals surface area (Å²) in [4.78, 5) is 0. The van der Waals surface area contributed by atoms with Gasteiger partial charge in [-0.05, 0) is 29.7 Å². The Kier molecular flexibility index (Phi) is 5.09. The SMILES string of the molecule is Fc1cccc(CC(CCl)c2ccccc2Cl)c1Cl. The zero-order chi connectivity index (χ0) is 13.8. The van der Waals surface area contributed by atoms with E-state index in [4.69, 9.17) is 34.8 Å². The van der Waals surface area contributed by atoms with Crippen molar-refractivity contribution in [1.82, 2.24) is 0 Å². The van der Waals surface area contributed by atoms with Gasteiger partial charge in [0, 0.05) is 16.8 Å². The van der Waals surface area contributed by atoms with Crippen molar-refractivity contribution < 1.29 is 4.39 Å². The quantitative estimate of drug-likeness (QED) is 0.635. The average molecular weight is 318 g/mol. The molecule has 0 amide bonds. The van der Waals surface area contributed by atoms with E-state index >= 15 is 0 Å². The molecule has 0 aliphatic rings. The first-order valence-corrected chi connectivity index (χ1v) is 7.15. The molecule has 0 N–H and O–H groups in total. The van der Waals surface area contributed by atoms with Gasteiger partial charge in [-0.25, -0.2) is 4.39 Å². The summed E-state index contributed by atoms with van der Waals surface area (Å²) in [6.07, 6.45) is 0.559. The van der Waals surface area contributed by atoms with E-state index in [1.54, 1.807) is 6.07 Å². The van der Waals surface area contributed by atoms with Gasteiger partial charge in [0.15, 0.2) is 0 Å². The summed E-state index contributed by atoms with van der Waals surface area (Å²) >= 11 is 18.2. The Bertz CT molecular complexity index is 569. The molecule has 0 bridgehead atoms. The minimum Gasteiger partial charge on any atom is -0.205 e. The molecular weight excluding hydrogens is 306 g/mol. The highest BCUT2D eigenvalue weighted by Gasteiger charge is 2.16. The van der Waals surface area contributed by atoms with Gasteiger partial charge in [-0.15, -0.1) is 11.6 Å². The minimum atomic E-state index is -0.411. The summed E-state index contributed by atoms with van der Waals surface area (Å²) in [7, 11) is 0. The normalized spacial score (nSPS) is 12.4. The molecule has 19 heavy (non-hydrogen) atoms. The van der Waals surface area contributed by atoms with Crippen LogP contribution < -0.4 is 0 Å². The standard InChI is InChI=1S/C15H12Cl3F/c16-9-11(12-5-1-2-6-13(12)17)8-10-4-3-7-14(19)15(10)18/h1-7,11H,8-9H2. The lowest BCUT2D eigenvalue weighted by Crippen LogP contribution is -2.06. The van der Waals surface area contributed by atoms with Crippen molar-refractivity contribution in [2.75, 3.05) is 5.88 Å². The number of rotatable bonds is 4. The van der Waals surface area contributed by atoms with Gasteiger partial charge in [-0.2, -0.15) is 0 Å². The van der Waals surface area contributed by atoms with Crippen LogP contribution in [0.5, 0.6) is 0 Å². The van der Waals surface area contributed by atoms with Crippen LogP contribution >= 0.6 is 34.8 Å². The van der Waals surface area contributed by atoms with Crippen LogP contribution in [0.25, 0.3) is 0 Å². The van der Waals surface area contributed by atoms with Crippen molar-refractivity contribution in [2.45, 2.75) is 12.3 Å². The first-order valence-electron chi connectivity index (χ1n) is 5.86. The lowest BCUT2D eigenvalue weighted by atomic mass is 9.93. The Morgan fingerprint density at radius 2 is 1.74 bits per heavy atom. The molecule has 0 aromatic heterocycles. The molecule has 1 atom stereocenters. The molecule has 0 fully saturated rings. The fraction of sp³-hybridized carbons (Fsp3) is 0.200. The van der Waals surface area contributed by atoms with Gasteiger partial charge in [0.05, 0.1) is 5.02 Å². The fourth-order valence-corrected chi connectivity index (χ4v) is 2.79. The van der Waals surface area contributed by atoms with Gasteiger partial charge in [-0.3, -0.25) is 0 Å². The smallest absolute Gasteiger partial charge is 0.142 e. The molecule has 0 aliphatic heterocycles. The maximum atomic E-state index is 13.4. The summed E-state index contributed by atoms with van der Waals surface area (Å²) in [5, 5.41) is 0.824. The monoisotopic (exact) mass is 316 g/mol. The van der Waals surface area contributed by atoms with Crippen molar-refractivity contribution in [3.8, 4) is 0 Å². The van der Waals surface area contributed by atoms with E-state index in [0.29, 0.717) is 17.3 Å². The second kappa shape index (κ2) is 6.60. The highest BCUT2D eigenvalue weighted by Crippen LogP contribution is 2.31. The summed E-state index contributed by atoms with van der Waals surface area (Å²) in [6.45, 7) is 0. The van der Waals surface area contributed by atoms with Crippen molar-refractivity contribution in [2.24, 2.45) is 0 Å². The van der Waals surface area contributed by atoms with Crippen LogP contribution in [0.1, 0.15) is 17.0 Å². The first-order chi connectivity index (χ1) is 9.13. The summed E-state index contributed by atoms with van der Waals surface area (Å²) in [5.41, 5.74) is 1.70. The Hall–Kier alpha value is -0.760. The van der Waals surface area contributed by atoms with E-state index in [2.05, 4.69) is 0 Å². The lowest BCUT2D eigenvalue weighted by molar-refractivity contribution is 0.624. The number of hydrogen-bond acceptors (Lipinski definition) is 0. The van der Waals surface area contributed by atoms with E-state index in [0.717, 1.165) is 11.1 Å². The van der Waals surface area contributed by atoms with E-state index in [1.165, 1.54) is 6.07 Å². The molecule has 4 heteroatoms. The third kappa shape index (κ3) is 3.42. The van der Waals surface area contributed by atoms with Gasteiger partial charge >= 0.3 is 0 Å². The highest BCUT2D eigenvalue weighted by atomic mass is 35.5. The third-order valence-corrected chi connectivity index (χ3v) is 4.17. The topological polar surface area (TPSA) is 0 Å². The van der Waals surface area contributed by atoms with Crippen molar-refractivity contribution >= 4 is 34.8 Å². The Morgan fingerprint density at radius 3 is 2.42 bits per heavy atom. The molecule has 100 valence electrons. The molecule has 2 aromatic rings. The van der Waals surface area contributed by atoms with Crippen LogP contribution in [0.2, 0.25) is 10.0 Å². The van der Waals surface area contributed by atoms with E-state index in [9.17, 15) is 4.39 Å². The predicted octanol–water partition coefficient (Wildman–Crippen LogP) is 5.70. The second-order valence-electron chi connectivity index (χ2n) is 4.29. The molecule has 2 aromatic carbocycles. The molecule has 0 heterocycles. The minimum absolute atomic E-state index is 0.00895. The Morgan fingerprint density at radius 1 is 1.00 bits per heavy atom. The van der Waals surface area contributed by atoms with Crippen molar-refractivity contribution in [1.29, 1.82) is 0 Å². The van der Waals surface area contributed by atoms with Gasteiger partial charge in [0.2, 0.25) is 0 Å². The van der Waals surface area contributed by atoms with Crippen LogP contribution in [0.3, 0.4) is 0 Å². The highest BCUT2D eigenvalue weighted by molar-refractivity contribution is 6.32. The first kappa shape index (κ1) is 14.6. The molecule has 1 unspecified atom stereocenters. The average Bonchev–Trinajstić information content (AvgIpc) is 2.41. The number of halogens is 4. The van der Waals surface area contributed by atoms with Crippen molar-refractivity contribution in [3.05, 3.63) is 69.5 Å². The van der Waals surface area contributed by atoms with Gasteiger partial charge in [-0.1, -0.05) is 53.5 Å². The summed E-state index contributed by atoms with van der Waals surface area (Å²) < 4.78 is 13.4. The van der Waals surface area contributed by atoms with Crippen LogP contribution in [-0.2, 0) is 6.42 Å². The molecule has 0 aliphatic carbocycles. The van der Waals surface area contributed by atoms with E-state index < -0.39 is 5.82 Å². The van der Waals surface area contributed by atoms with Crippen LogP contribution in [-0.4, -0.2) is 5.88 Å². The van der Waals surface area contributed by atoms with E-state index in [1.807, 2.05) is 30.3 Å².